The fourth-order valence-electron chi connectivity index (χ4n) is 1.29. The van der Waals surface area contributed by atoms with Gasteiger partial charge in [0.2, 0.25) is 0 Å². The lowest BCUT2D eigenvalue weighted by Crippen LogP contribution is -2.13. The van der Waals surface area contributed by atoms with E-state index >= 15 is 0 Å². The highest BCUT2D eigenvalue weighted by atomic mass is 19.1. The Bertz CT molecular complexity index is 421. The number of aryl methyl sites for hydroxylation is 1. The van der Waals surface area contributed by atoms with E-state index in [-0.39, 0.29) is 22.8 Å². The van der Waals surface area contributed by atoms with Gasteiger partial charge in [-0.3, -0.25) is 0 Å². The Hall–Kier alpha value is -1.85. The minimum atomic E-state index is -0.710. The highest BCUT2D eigenvalue weighted by Gasteiger charge is 2.22. The smallest absolute Gasteiger partial charge is 0.360 e. The van der Waals surface area contributed by atoms with Gasteiger partial charge >= 0.3 is 5.97 Å². The maximum Gasteiger partial charge on any atom is 0.360 e. The van der Waals surface area contributed by atoms with Crippen molar-refractivity contribution in [3.63, 3.8) is 0 Å². The second kappa shape index (κ2) is 4.78. The maximum atomic E-state index is 13.6. The summed E-state index contributed by atoms with van der Waals surface area (Å²) in [6.45, 7) is 1.71. The van der Waals surface area contributed by atoms with E-state index in [1.54, 1.807) is 6.92 Å². The summed E-state index contributed by atoms with van der Waals surface area (Å²) in [6, 6.07) is 0. The molecule has 88 valence electrons. The number of carbonyl (C=O) groups is 1. The summed E-state index contributed by atoms with van der Waals surface area (Å²) in [5, 5.41) is 0. The van der Waals surface area contributed by atoms with Crippen LogP contribution in [0.25, 0.3) is 0 Å². The summed E-state index contributed by atoms with van der Waals surface area (Å²) >= 11 is 0. The lowest BCUT2D eigenvalue weighted by Gasteiger charge is -2.11. The Morgan fingerprint density at radius 3 is 2.56 bits per heavy atom. The third-order valence-corrected chi connectivity index (χ3v) is 2.11. The van der Waals surface area contributed by atoms with Crippen molar-refractivity contribution >= 4 is 11.7 Å². The Labute approximate surface area is 92.4 Å². The SMILES string of the molecule is CCc1nc(C(=O)OC)c(OC)c(N)c1F. The predicted octanol–water partition coefficient (Wildman–Crippen LogP) is 1.16. The van der Waals surface area contributed by atoms with Crippen LogP contribution in [0.15, 0.2) is 0 Å². The van der Waals surface area contributed by atoms with E-state index in [4.69, 9.17) is 10.5 Å². The van der Waals surface area contributed by atoms with Crippen LogP contribution in [0.3, 0.4) is 0 Å². The molecule has 0 saturated carbocycles. The molecule has 0 unspecified atom stereocenters. The van der Waals surface area contributed by atoms with E-state index in [1.807, 2.05) is 0 Å². The second-order valence-corrected chi connectivity index (χ2v) is 3.01. The number of anilines is 1. The number of hydrogen-bond acceptors (Lipinski definition) is 5. The van der Waals surface area contributed by atoms with E-state index in [9.17, 15) is 9.18 Å². The summed E-state index contributed by atoms with van der Waals surface area (Å²) in [6.07, 6.45) is 0.323. The number of esters is 1. The van der Waals surface area contributed by atoms with Crippen LogP contribution in [-0.4, -0.2) is 25.2 Å². The highest BCUT2D eigenvalue weighted by Crippen LogP contribution is 2.29. The first-order chi connectivity index (χ1) is 7.56. The van der Waals surface area contributed by atoms with Crippen LogP contribution >= 0.6 is 0 Å². The number of carbonyl (C=O) groups excluding carboxylic acids is 1. The highest BCUT2D eigenvalue weighted by molar-refractivity contribution is 5.92. The van der Waals surface area contributed by atoms with E-state index in [0.29, 0.717) is 6.42 Å². The molecular weight excluding hydrogens is 215 g/mol. The largest absolute Gasteiger partial charge is 0.492 e. The van der Waals surface area contributed by atoms with Crippen LogP contribution in [0.2, 0.25) is 0 Å². The average molecular weight is 228 g/mol. The quantitative estimate of drug-likeness (QED) is 0.786. The summed E-state index contributed by atoms with van der Waals surface area (Å²) < 4.78 is 22.9. The molecule has 1 rings (SSSR count). The van der Waals surface area contributed by atoms with Crippen molar-refractivity contribution in [2.75, 3.05) is 20.0 Å². The van der Waals surface area contributed by atoms with Crippen LogP contribution in [0.1, 0.15) is 23.1 Å². The number of halogens is 1. The lowest BCUT2D eigenvalue weighted by atomic mass is 10.2. The molecule has 0 aromatic carbocycles. The molecule has 0 bridgehead atoms. The summed E-state index contributed by atoms with van der Waals surface area (Å²) in [5.41, 5.74) is 5.29. The van der Waals surface area contributed by atoms with Crippen LogP contribution < -0.4 is 10.5 Å². The molecular formula is C10H13FN2O3. The Kier molecular flexibility index (Phi) is 3.65. The molecule has 0 aliphatic carbocycles. The minimum Gasteiger partial charge on any atom is -0.492 e. The topological polar surface area (TPSA) is 74.4 Å². The van der Waals surface area contributed by atoms with Gasteiger partial charge < -0.3 is 15.2 Å². The van der Waals surface area contributed by atoms with Gasteiger partial charge in [-0.1, -0.05) is 6.92 Å². The molecule has 0 aliphatic heterocycles. The van der Waals surface area contributed by atoms with Crippen LogP contribution in [0.5, 0.6) is 5.75 Å². The first kappa shape index (κ1) is 12.2. The normalized spacial score (nSPS) is 10.0. The zero-order chi connectivity index (χ0) is 12.3. The van der Waals surface area contributed by atoms with Crippen LogP contribution in [-0.2, 0) is 11.2 Å². The lowest BCUT2D eigenvalue weighted by molar-refractivity contribution is 0.0589. The molecule has 0 atom stereocenters. The van der Waals surface area contributed by atoms with E-state index in [1.165, 1.54) is 14.2 Å². The molecule has 1 aromatic rings. The molecule has 1 heterocycles. The third-order valence-electron chi connectivity index (χ3n) is 2.11. The molecule has 2 N–H and O–H groups in total. The molecule has 16 heavy (non-hydrogen) atoms. The molecule has 0 radical (unpaired) electrons. The molecule has 5 nitrogen and oxygen atoms in total. The minimum absolute atomic E-state index is 0.0958. The second-order valence-electron chi connectivity index (χ2n) is 3.01. The average Bonchev–Trinajstić information content (AvgIpc) is 2.31. The molecule has 1 aromatic heterocycles. The summed E-state index contributed by atoms with van der Waals surface area (Å²) in [5.74, 6) is -1.47. The molecule has 0 saturated heterocycles. The third kappa shape index (κ3) is 1.91. The van der Waals surface area contributed by atoms with Gasteiger partial charge in [0.15, 0.2) is 17.3 Å². The Morgan fingerprint density at radius 1 is 1.50 bits per heavy atom. The number of aromatic nitrogens is 1. The summed E-state index contributed by atoms with van der Waals surface area (Å²) in [4.78, 5) is 15.2. The first-order valence-electron chi connectivity index (χ1n) is 4.66. The zero-order valence-corrected chi connectivity index (χ0v) is 9.33. The van der Waals surface area contributed by atoms with Crippen molar-refractivity contribution in [1.82, 2.24) is 4.98 Å². The first-order valence-corrected chi connectivity index (χ1v) is 4.66. The number of ether oxygens (including phenoxy) is 2. The molecule has 0 spiro atoms. The van der Waals surface area contributed by atoms with Gasteiger partial charge in [-0.15, -0.1) is 0 Å². The van der Waals surface area contributed by atoms with E-state index < -0.39 is 11.8 Å². The van der Waals surface area contributed by atoms with Crippen molar-refractivity contribution in [3.8, 4) is 5.75 Å². The standard InChI is InChI=1S/C10H13FN2O3/c1-4-5-6(11)7(12)9(15-2)8(13-5)10(14)16-3/h4H2,1-3H3,(H2,12,13). The van der Waals surface area contributed by atoms with Crippen molar-refractivity contribution in [2.45, 2.75) is 13.3 Å². The number of methoxy groups -OCH3 is 2. The molecule has 0 fully saturated rings. The number of hydrogen-bond donors (Lipinski definition) is 1. The Balaban J connectivity index is 3.47. The molecule has 6 heteroatoms. The van der Waals surface area contributed by atoms with Gasteiger partial charge in [0.1, 0.15) is 5.69 Å². The number of nitrogens with zero attached hydrogens (tertiary/aromatic N) is 1. The fraction of sp³-hybridized carbons (Fsp3) is 0.400. The van der Waals surface area contributed by atoms with E-state index in [0.717, 1.165) is 0 Å². The van der Waals surface area contributed by atoms with Gasteiger partial charge in [-0.25, -0.2) is 14.2 Å². The number of rotatable bonds is 3. The zero-order valence-electron chi connectivity index (χ0n) is 9.33. The summed E-state index contributed by atoms with van der Waals surface area (Å²) in [7, 11) is 2.49. The van der Waals surface area contributed by atoms with Crippen molar-refractivity contribution in [2.24, 2.45) is 0 Å². The van der Waals surface area contributed by atoms with Gasteiger partial charge in [-0.2, -0.15) is 0 Å². The van der Waals surface area contributed by atoms with Crippen molar-refractivity contribution < 1.29 is 18.7 Å². The maximum absolute atomic E-state index is 13.6. The fourth-order valence-corrected chi connectivity index (χ4v) is 1.29. The monoisotopic (exact) mass is 228 g/mol. The van der Waals surface area contributed by atoms with Gasteiger partial charge in [0.05, 0.1) is 19.9 Å². The van der Waals surface area contributed by atoms with Crippen molar-refractivity contribution in [1.29, 1.82) is 0 Å². The molecule has 0 aliphatic rings. The molecule has 0 amide bonds. The van der Waals surface area contributed by atoms with Gasteiger partial charge in [-0.05, 0) is 6.42 Å². The van der Waals surface area contributed by atoms with Crippen LogP contribution in [0.4, 0.5) is 10.1 Å². The number of nitrogen functional groups attached to an aromatic ring is 1. The predicted molar refractivity (Wildman–Crippen MR) is 55.9 cm³/mol. The van der Waals surface area contributed by atoms with Gasteiger partial charge in [0, 0.05) is 0 Å². The Morgan fingerprint density at radius 2 is 2.12 bits per heavy atom. The van der Waals surface area contributed by atoms with Gasteiger partial charge in [0.25, 0.3) is 0 Å². The van der Waals surface area contributed by atoms with Crippen LogP contribution in [0, 0.1) is 5.82 Å². The van der Waals surface area contributed by atoms with Crippen molar-refractivity contribution in [3.05, 3.63) is 17.2 Å². The number of pyridine rings is 1. The van der Waals surface area contributed by atoms with E-state index in [2.05, 4.69) is 9.72 Å². The number of nitrogens with two attached hydrogens (primary N) is 1.